The van der Waals surface area contributed by atoms with Gasteiger partial charge in [-0.1, -0.05) is 24.3 Å². The van der Waals surface area contributed by atoms with E-state index in [9.17, 15) is 9.59 Å². The van der Waals surface area contributed by atoms with Gasteiger partial charge in [-0.25, -0.2) is 0 Å². The van der Waals surface area contributed by atoms with Crippen LogP contribution in [-0.2, 0) is 13.0 Å². The molecule has 0 aliphatic heterocycles. The largest absolute Gasteiger partial charge is 0.356 e. The van der Waals surface area contributed by atoms with Gasteiger partial charge < -0.3 is 20.9 Å². The van der Waals surface area contributed by atoms with Crippen LogP contribution in [0.15, 0.2) is 53.5 Å². The first-order valence-electron chi connectivity index (χ1n) is 10.7. The number of amides is 2. The van der Waals surface area contributed by atoms with Crippen LogP contribution in [0.2, 0.25) is 0 Å². The lowest BCUT2D eigenvalue weighted by Crippen LogP contribution is -2.37. The van der Waals surface area contributed by atoms with Crippen LogP contribution in [0.4, 0.5) is 0 Å². The highest BCUT2D eigenvalue weighted by Crippen LogP contribution is 2.08. The summed E-state index contributed by atoms with van der Waals surface area (Å²) in [6.07, 6.45) is 0.772. The second-order valence-corrected chi connectivity index (χ2v) is 7.06. The molecule has 3 N–H and O–H groups in total. The lowest BCUT2D eigenvalue weighted by Gasteiger charge is -2.18. The van der Waals surface area contributed by atoms with E-state index >= 15 is 0 Å². The van der Waals surface area contributed by atoms with Gasteiger partial charge in [0.15, 0.2) is 5.96 Å². The molecule has 0 radical (unpaired) electrons. The number of guanidine groups is 1. The van der Waals surface area contributed by atoms with E-state index in [4.69, 9.17) is 0 Å². The van der Waals surface area contributed by atoms with Gasteiger partial charge >= 0.3 is 0 Å². The summed E-state index contributed by atoms with van der Waals surface area (Å²) in [6, 6.07) is 15.3. The Morgan fingerprint density at radius 2 is 1.65 bits per heavy atom. The van der Waals surface area contributed by atoms with Gasteiger partial charge in [0.05, 0.1) is 0 Å². The number of hydrogen-bond donors (Lipinski definition) is 3. The number of carbonyl (C=O) groups excluding carboxylic acids is 2. The maximum Gasteiger partial charge on any atom is 0.253 e. The number of rotatable bonds is 9. The highest BCUT2D eigenvalue weighted by molar-refractivity contribution is 5.94. The molecule has 0 spiro atoms. The zero-order valence-corrected chi connectivity index (χ0v) is 18.9. The predicted molar refractivity (Wildman–Crippen MR) is 125 cm³/mol. The highest BCUT2D eigenvalue weighted by Gasteiger charge is 2.12. The Labute approximate surface area is 184 Å². The van der Waals surface area contributed by atoms with Gasteiger partial charge in [-0.05, 0) is 55.7 Å². The number of carbonyl (C=O) groups is 2. The van der Waals surface area contributed by atoms with Crippen LogP contribution < -0.4 is 16.0 Å². The molecular weight excluding hydrogens is 390 g/mol. The summed E-state index contributed by atoms with van der Waals surface area (Å²) in [6.45, 7) is 6.67. The van der Waals surface area contributed by atoms with Crippen molar-refractivity contribution in [3.63, 3.8) is 0 Å². The maximum atomic E-state index is 12.4. The average Bonchev–Trinajstić information content (AvgIpc) is 2.82. The fourth-order valence-electron chi connectivity index (χ4n) is 3.20. The lowest BCUT2D eigenvalue weighted by molar-refractivity contribution is 0.0772. The van der Waals surface area contributed by atoms with Crippen molar-refractivity contribution in [2.45, 2.75) is 26.8 Å². The molecule has 2 amide bonds. The average molecular weight is 424 g/mol. The molecule has 0 aliphatic rings. The standard InChI is InChI=1S/C24H33N5O2/c1-5-29(6-2)23(31)20-12-10-19(11-13-20)17-28-24(26-4)27-15-14-18-8-7-9-21(16-18)22(30)25-3/h7-13,16H,5-6,14-15,17H2,1-4H3,(H,25,30)(H2,26,27,28). The van der Waals surface area contributed by atoms with Gasteiger partial charge in [-0.2, -0.15) is 0 Å². The Kier molecular flexibility index (Phi) is 9.55. The monoisotopic (exact) mass is 423 g/mol. The van der Waals surface area contributed by atoms with E-state index in [1.54, 1.807) is 20.2 Å². The van der Waals surface area contributed by atoms with E-state index in [2.05, 4.69) is 20.9 Å². The molecule has 2 rings (SSSR count). The molecule has 0 atom stereocenters. The summed E-state index contributed by atoms with van der Waals surface area (Å²) in [5.74, 6) is 0.672. The smallest absolute Gasteiger partial charge is 0.253 e. The molecule has 2 aromatic rings. The normalized spacial score (nSPS) is 11.0. The third kappa shape index (κ3) is 7.13. The fraction of sp³-hybridized carbons (Fsp3) is 0.375. The molecule has 0 saturated carbocycles. The van der Waals surface area contributed by atoms with Crippen LogP contribution in [0, 0.1) is 0 Å². The van der Waals surface area contributed by atoms with Crippen molar-refractivity contribution in [3.05, 3.63) is 70.8 Å². The number of aliphatic imine (C=N–C) groups is 1. The van der Waals surface area contributed by atoms with Crippen molar-refractivity contribution < 1.29 is 9.59 Å². The number of hydrogen-bond acceptors (Lipinski definition) is 3. The Morgan fingerprint density at radius 1 is 0.935 bits per heavy atom. The first kappa shape index (κ1) is 23.9. The van der Waals surface area contributed by atoms with E-state index in [-0.39, 0.29) is 11.8 Å². The van der Waals surface area contributed by atoms with Crippen LogP contribution in [0.1, 0.15) is 45.7 Å². The Bertz CT molecular complexity index is 889. The van der Waals surface area contributed by atoms with E-state index < -0.39 is 0 Å². The van der Waals surface area contributed by atoms with Crippen molar-refractivity contribution in [2.75, 3.05) is 33.7 Å². The Morgan fingerprint density at radius 3 is 2.26 bits per heavy atom. The van der Waals surface area contributed by atoms with Gasteiger partial charge in [0.2, 0.25) is 0 Å². The zero-order chi connectivity index (χ0) is 22.6. The molecule has 31 heavy (non-hydrogen) atoms. The summed E-state index contributed by atoms with van der Waals surface area (Å²) in [4.78, 5) is 30.2. The minimum absolute atomic E-state index is 0.0578. The first-order chi connectivity index (χ1) is 15.0. The molecule has 0 saturated heterocycles. The van der Waals surface area contributed by atoms with E-state index in [0.29, 0.717) is 43.3 Å². The lowest BCUT2D eigenvalue weighted by atomic mass is 10.1. The highest BCUT2D eigenvalue weighted by atomic mass is 16.2. The van der Waals surface area contributed by atoms with Crippen LogP contribution >= 0.6 is 0 Å². The molecule has 0 unspecified atom stereocenters. The van der Waals surface area contributed by atoms with Gasteiger partial charge in [0.25, 0.3) is 11.8 Å². The third-order valence-electron chi connectivity index (χ3n) is 5.06. The first-order valence-corrected chi connectivity index (χ1v) is 10.7. The van der Waals surface area contributed by atoms with Crippen LogP contribution in [0.5, 0.6) is 0 Å². The van der Waals surface area contributed by atoms with Crippen molar-refractivity contribution >= 4 is 17.8 Å². The molecule has 0 fully saturated rings. The van der Waals surface area contributed by atoms with Crippen molar-refractivity contribution in [3.8, 4) is 0 Å². The Balaban J connectivity index is 1.83. The summed E-state index contributed by atoms with van der Waals surface area (Å²) in [5, 5.41) is 9.21. The summed E-state index contributed by atoms with van der Waals surface area (Å²) in [7, 11) is 3.36. The van der Waals surface area contributed by atoms with Gasteiger partial charge in [0, 0.05) is 51.4 Å². The predicted octanol–water partition coefficient (Wildman–Crippen LogP) is 2.44. The van der Waals surface area contributed by atoms with Crippen molar-refractivity contribution in [1.82, 2.24) is 20.9 Å². The van der Waals surface area contributed by atoms with Crippen LogP contribution in [-0.4, -0.2) is 56.4 Å². The number of benzene rings is 2. The van der Waals surface area contributed by atoms with E-state index in [1.807, 2.05) is 61.2 Å². The molecule has 0 aromatic heterocycles. The van der Waals surface area contributed by atoms with Crippen molar-refractivity contribution in [1.29, 1.82) is 0 Å². The Hall–Kier alpha value is -3.35. The zero-order valence-electron chi connectivity index (χ0n) is 18.9. The quantitative estimate of drug-likeness (QED) is 0.427. The van der Waals surface area contributed by atoms with Gasteiger partial charge in [0.1, 0.15) is 0 Å². The topological polar surface area (TPSA) is 85.8 Å². The molecule has 166 valence electrons. The van der Waals surface area contributed by atoms with E-state index in [1.165, 1.54) is 0 Å². The summed E-state index contributed by atoms with van der Waals surface area (Å²) >= 11 is 0. The van der Waals surface area contributed by atoms with Crippen molar-refractivity contribution in [2.24, 2.45) is 4.99 Å². The summed E-state index contributed by atoms with van der Waals surface area (Å²) in [5.41, 5.74) is 3.51. The third-order valence-corrected chi connectivity index (χ3v) is 5.06. The SMILES string of the molecule is CCN(CC)C(=O)c1ccc(CNC(=NC)NCCc2cccc(C(=O)NC)c2)cc1. The van der Waals surface area contributed by atoms with Gasteiger partial charge in [-0.3, -0.25) is 14.6 Å². The molecule has 0 heterocycles. The molecule has 2 aromatic carbocycles. The minimum Gasteiger partial charge on any atom is -0.356 e. The molecular formula is C24H33N5O2. The number of nitrogens with zero attached hydrogens (tertiary/aromatic N) is 2. The van der Waals surface area contributed by atoms with Gasteiger partial charge in [-0.15, -0.1) is 0 Å². The molecule has 7 heteroatoms. The fourth-order valence-corrected chi connectivity index (χ4v) is 3.20. The van der Waals surface area contributed by atoms with E-state index in [0.717, 1.165) is 17.5 Å². The second-order valence-electron chi connectivity index (χ2n) is 7.06. The molecule has 7 nitrogen and oxygen atoms in total. The minimum atomic E-state index is -0.0860. The molecule has 0 bridgehead atoms. The maximum absolute atomic E-state index is 12.4. The number of nitrogens with one attached hydrogen (secondary N) is 3. The van der Waals surface area contributed by atoms with Crippen LogP contribution in [0.3, 0.4) is 0 Å². The second kappa shape index (κ2) is 12.4. The van der Waals surface area contributed by atoms with Crippen LogP contribution in [0.25, 0.3) is 0 Å². The molecule has 0 aliphatic carbocycles. The summed E-state index contributed by atoms with van der Waals surface area (Å²) < 4.78 is 0.